The SMILES string of the molecule is CCOc1ccc(-c2noc(CSc3nnc(-c4ccccc4)n3-c3ccc(OC)cc3)n2)cc1. The van der Waals surface area contributed by atoms with Gasteiger partial charge in [-0.05, 0) is 55.5 Å². The fourth-order valence-corrected chi connectivity index (χ4v) is 4.31. The van der Waals surface area contributed by atoms with Gasteiger partial charge in [-0.2, -0.15) is 4.98 Å². The maximum atomic E-state index is 5.50. The molecule has 0 fully saturated rings. The zero-order valence-electron chi connectivity index (χ0n) is 19.3. The van der Waals surface area contributed by atoms with Crippen molar-refractivity contribution in [3.63, 3.8) is 0 Å². The van der Waals surface area contributed by atoms with Crippen LogP contribution in [0, 0.1) is 0 Å². The van der Waals surface area contributed by atoms with E-state index in [1.165, 1.54) is 11.8 Å². The summed E-state index contributed by atoms with van der Waals surface area (Å²) in [7, 11) is 1.65. The largest absolute Gasteiger partial charge is 0.497 e. The van der Waals surface area contributed by atoms with E-state index in [0.29, 0.717) is 24.1 Å². The third-order valence-corrected chi connectivity index (χ3v) is 6.13. The summed E-state index contributed by atoms with van der Waals surface area (Å²) in [5.41, 5.74) is 2.76. The van der Waals surface area contributed by atoms with Crippen LogP contribution in [-0.2, 0) is 5.75 Å². The Morgan fingerprint density at radius 1 is 0.857 bits per heavy atom. The van der Waals surface area contributed by atoms with E-state index in [1.54, 1.807) is 7.11 Å². The van der Waals surface area contributed by atoms with Crippen molar-refractivity contribution in [2.75, 3.05) is 13.7 Å². The predicted molar refractivity (Wildman–Crippen MR) is 134 cm³/mol. The van der Waals surface area contributed by atoms with E-state index >= 15 is 0 Å². The Morgan fingerprint density at radius 3 is 2.31 bits per heavy atom. The van der Waals surface area contributed by atoms with Gasteiger partial charge in [0.15, 0.2) is 11.0 Å². The zero-order chi connectivity index (χ0) is 24.0. The number of aromatic nitrogens is 5. The third kappa shape index (κ3) is 5.04. The zero-order valence-corrected chi connectivity index (χ0v) is 20.1. The van der Waals surface area contributed by atoms with Crippen LogP contribution in [0.15, 0.2) is 88.5 Å². The lowest BCUT2D eigenvalue weighted by atomic mass is 10.2. The van der Waals surface area contributed by atoms with Crippen molar-refractivity contribution >= 4 is 11.8 Å². The molecule has 0 aliphatic heterocycles. The Labute approximate surface area is 206 Å². The number of nitrogens with zero attached hydrogens (tertiary/aromatic N) is 5. The minimum absolute atomic E-state index is 0.451. The Hall–Kier alpha value is -4.11. The molecule has 2 aromatic heterocycles. The average Bonchev–Trinajstić information content (AvgIpc) is 3.56. The monoisotopic (exact) mass is 485 g/mol. The van der Waals surface area contributed by atoms with Crippen LogP contribution in [0.1, 0.15) is 12.8 Å². The van der Waals surface area contributed by atoms with Gasteiger partial charge in [0.1, 0.15) is 11.5 Å². The van der Waals surface area contributed by atoms with Gasteiger partial charge >= 0.3 is 0 Å². The summed E-state index contributed by atoms with van der Waals surface area (Å²) in [6, 6.07) is 25.4. The van der Waals surface area contributed by atoms with Crippen molar-refractivity contribution in [1.82, 2.24) is 24.9 Å². The fourth-order valence-electron chi connectivity index (χ4n) is 3.53. The summed E-state index contributed by atoms with van der Waals surface area (Å²) in [5, 5.41) is 13.8. The number of hydrogen-bond acceptors (Lipinski definition) is 8. The summed E-state index contributed by atoms with van der Waals surface area (Å²) in [6.07, 6.45) is 0. The standard InChI is InChI=1S/C26H23N5O3S/c1-3-33-22-13-9-18(10-14-22)24-27-23(34-30-24)17-35-26-29-28-25(19-7-5-4-6-8-19)31(26)20-11-15-21(32-2)16-12-20/h4-16H,3,17H2,1-2H3. The lowest BCUT2D eigenvalue weighted by molar-refractivity contribution is 0.340. The molecule has 0 amide bonds. The molecule has 35 heavy (non-hydrogen) atoms. The second-order valence-electron chi connectivity index (χ2n) is 7.46. The average molecular weight is 486 g/mol. The van der Waals surface area contributed by atoms with Crippen molar-refractivity contribution in [3.8, 4) is 40.0 Å². The molecule has 0 saturated heterocycles. The molecule has 176 valence electrons. The second-order valence-corrected chi connectivity index (χ2v) is 8.41. The molecule has 8 nitrogen and oxygen atoms in total. The van der Waals surface area contributed by atoms with Gasteiger partial charge in [0.05, 0.1) is 19.5 Å². The van der Waals surface area contributed by atoms with Gasteiger partial charge in [0.2, 0.25) is 11.7 Å². The third-order valence-electron chi connectivity index (χ3n) is 5.21. The number of rotatable bonds is 9. The molecule has 0 radical (unpaired) electrons. The first-order valence-electron chi connectivity index (χ1n) is 11.1. The van der Waals surface area contributed by atoms with Gasteiger partial charge in [0, 0.05) is 16.8 Å². The minimum atomic E-state index is 0.451. The molecule has 0 N–H and O–H groups in total. The molecule has 0 aliphatic carbocycles. The molecule has 3 aromatic carbocycles. The lowest BCUT2D eigenvalue weighted by Gasteiger charge is -2.10. The van der Waals surface area contributed by atoms with Crippen molar-refractivity contribution in [3.05, 3.63) is 84.8 Å². The molecule has 5 rings (SSSR count). The van der Waals surface area contributed by atoms with Crippen LogP contribution in [0.25, 0.3) is 28.5 Å². The maximum Gasteiger partial charge on any atom is 0.237 e. The van der Waals surface area contributed by atoms with Gasteiger partial charge in [-0.15, -0.1) is 10.2 Å². The highest BCUT2D eigenvalue weighted by molar-refractivity contribution is 7.98. The van der Waals surface area contributed by atoms with Crippen molar-refractivity contribution in [1.29, 1.82) is 0 Å². The Kier molecular flexibility index (Phi) is 6.76. The van der Waals surface area contributed by atoms with Gasteiger partial charge in [0.25, 0.3) is 0 Å². The smallest absolute Gasteiger partial charge is 0.237 e. The minimum Gasteiger partial charge on any atom is -0.497 e. The summed E-state index contributed by atoms with van der Waals surface area (Å²) in [6.45, 7) is 2.57. The van der Waals surface area contributed by atoms with Gasteiger partial charge in [-0.1, -0.05) is 47.3 Å². The molecule has 9 heteroatoms. The fraction of sp³-hybridized carbons (Fsp3) is 0.154. The lowest BCUT2D eigenvalue weighted by Crippen LogP contribution is -2.00. The van der Waals surface area contributed by atoms with Crippen molar-refractivity contribution in [2.45, 2.75) is 17.8 Å². The van der Waals surface area contributed by atoms with E-state index in [0.717, 1.165) is 39.3 Å². The number of thioether (sulfide) groups is 1. The highest BCUT2D eigenvalue weighted by Crippen LogP contribution is 2.30. The van der Waals surface area contributed by atoms with E-state index in [4.69, 9.17) is 14.0 Å². The van der Waals surface area contributed by atoms with E-state index in [2.05, 4.69) is 20.3 Å². The molecular formula is C26H23N5O3S. The number of benzene rings is 3. The molecule has 0 unspecified atom stereocenters. The van der Waals surface area contributed by atoms with Crippen LogP contribution in [0.2, 0.25) is 0 Å². The maximum absolute atomic E-state index is 5.50. The Balaban J connectivity index is 1.39. The van der Waals surface area contributed by atoms with Gasteiger partial charge in [-0.3, -0.25) is 4.57 Å². The second kappa shape index (κ2) is 10.4. The first-order chi connectivity index (χ1) is 17.2. The van der Waals surface area contributed by atoms with E-state index < -0.39 is 0 Å². The number of ether oxygens (including phenoxy) is 2. The number of hydrogen-bond donors (Lipinski definition) is 0. The van der Waals surface area contributed by atoms with Crippen LogP contribution in [0.3, 0.4) is 0 Å². The normalized spacial score (nSPS) is 10.9. The van der Waals surface area contributed by atoms with E-state index in [-0.39, 0.29) is 0 Å². The molecular weight excluding hydrogens is 462 g/mol. The molecule has 5 aromatic rings. The summed E-state index contributed by atoms with van der Waals surface area (Å²) in [5.74, 6) is 3.83. The Morgan fingerprint density at radius 2 is 1.60 bits per heavy atom. The first kappa shape index (κ1) is 22.7. The van der Waals surface area contributed by atoms with Crippen LogP contribution in [0.4, 0.5) is 0 Å². The van der Waals surface area contributed by atoms with Crippen LogP contribution < -0.4 is 9.47 Å². The van der Waals surface area contributed by atoms with E-state index in [1.807, 2.05) is 90.4 Å². The summed E-state index contributed by atoms with van der Waals surface area (Å²) in [4.78, 5) is 4.55. The number of methoxy groups -OCH3 is 1. The molecule has 0 saturated carbocycles. The topological polar surface area (TPSA) is 88.1 Å². The van der Waals surface area contributed by atoms with Crippen LogP contribution in [-0.4, -0.2) is 38.6 Å². The van der Waals surface area contributed by atoms with Crippen LogP contribution >= 0.6 is 11.8 Å². The molecule has 2 heterocycles. The molecule has 0 atom stereocenters. The first-order valence-corrected chi connectivity index (χ1v) is 12.1. The Bertz CT molecular complexity index is 1380. The molecule has 0 bridgehead atoms. The highest BCUT2D eigenvalue weighted by atomic mass is 32.2. The summed E-state index contributed by atoms with van der Waals surface area (Å²) >= 11 is 1.48. The highest BCUT2D eigenvalue weighted by Gasteiger charge is 2.18. The molecule has 0 aliphatic rings. The van der Waals surface area contributed by atoms with Gasteiger partial charge in [-0.25, -0.2) is 0 Å². The summed E-state index contributed by atoms with van der Waals surface area (Å²) < 4.78 is 18.3. The van der Waals surface area contributed by atoms with Crippen molar-refractivity contribution in [2.24, 2.45) is 0 Å². The van der Waals surface area contributed by atoms with Crippen LogP contribution in [0.5, 0.6) is 11.5 Å². The van der Waals surface area contributed by atoms with E-state index in [9.17, 15) is 0 Å². The van der Waals surface area contributed by atoms with Gasteiger partial charge < -0.3 is 14.0 Å². The molecule has 0 spiro atoms. The predicted octanol–water partition coefficient (Wildman–Crippen LogP) is 5.68. The quantitative estimate of drug-likeness (QED) is 0.246. The van der Waals surface area contributed by atoms with Crippen molar-refractivity contribution < 1.29 is 14.0 Å².